The smallest absolute Gasteiger partial charge is 0.232 e. The van der Waals surface area contributed by atoms with Crippen LogP contribution in [0.4, 0.5) is 5.69 Å². The minimum atomic E-state index is -3.12. The molecule has 0 amide bonds. The molecule has 0 fully saturated rings. The van der Waals surface area contributed by atoms with Crippen LogP contribution in [-0.4, -0.2) is 14.2 Å². The minimum Gasteiger partial charge on any atom is -0.284 e. The number of benzene rings is 1. The number of rotatable bonds is 3. The van der Waals surface area contributed by atoms with Crippen molar-refractivity contribution in [3.63, 3.8) is 0 Å². The van der Waals surface area contributed by atoms with Crippen LogP contribution < -0.4 is 4.72 Å². The van der Waals surface area contributed by atoms with E-state index < -0.39 is 10.0 Å². The molecule has 0 spiro atoms. The molecule has 0 unspecified atom stereocenters. The second-order valence-corrected chi connectivity index (χ2v) is 4.38. The number of nitrogens with one attached hydrogen (secondary N) is 1. The van der Waals surface area contributed by atoms with Gasteiger partial charge in [0.1, 0.15) is 0 Å². The standard InChI is InChI=1S/C8H11NO2S.ClH/c1-2-12(10,11)9-8-6-4-3-5-7-8;/h3-7,9H,2H2,1H3;1H. The van der Waals surface area contributed by atoms with E-state index in [0.29, 0.717) is 5.69 Å². The van der Waals surface area contributed by atoms with Gasteiger partial charge in [-0.05, 0) is 19.1 Å². The molecule has 13 heavy (non-hydrogen) atoms. The van der Waals surface area contributed by atoms with E-state index in [1.807, 2.05) is 6.07 Å². The van der Waals surface area contributed by atoms with E-state index >= 15 is 0 Å². The van der Waals surface area contributed by atoms with Gasteiger partial charge in [0, 0.05) is 5.69 Å². The lowest BCUT2D eigenvalue weighted by Gasteiger charge is -2.04. The Hall–Kier alpha value is -0.740. The summed E-state index contributed by atoms with van der Waals surface area (Å²) in [5.41, 5.74) is 0.611. The van der Waals surface area contributed by atoms with Gasteiger partial charge in [-0.1, -0.05) is 18.2 Å². The van der Waals surface area contributed by atoms with E-state index in [1.54, 1.807) is 31.2 Å². The molecule has 0 heterocycles. The monoisotopic (exact) mass is 221 g/mol. The molecule has 1 aromatic carbocycles. The fourth-order valence-electron chi connectivity index (χ4n) is 0.758. The Balaban J connectivity index is 0.00000144. The van der Waals surface area contributed by atoms with Gasteiger partial charge in [-0.3, -0.25) is 4.72 Å². The average Bonchev–Trinajstić information content (AvgIpc) is 2.06. The summed E-state index contributed by atoms with van der Waals surface area (Å²) in [6.07, 6.45) is 0. The molecule has 0 radical (unpaired) electrons. The van der Waals surface area contributed by atoms with Crippen molar-refractivity contribution in [2.45, 2.75) is 6.92 Å². The molecule has 1 rings (SSSR count). The van der Waals surface area contributed by atoms with Crippen molar-refractivity contribution < 1.29 is 8.42 Å². The highest BCUT2D eigenvalue weighted by Gasteiger charge is 2.04. The van der Waals surface area contributed by atoms with Crippen LogP contribution in [0.5, 0.6) is 0 Å². The average molecular weight is 222 g/mol. The van der Waals surface area contributed by atoms with Gasteiger partial charge in [-0.25, -0.2) is 8.42 Å². The Morgan fingerprint density at radius 1 is 1.23 bits per heavy atom. The SMILES string of the molecule is CCS(=O)(=O)Nc1ccccc1.Cl. The third-order valence-corrected chi connectivity index (χ3v) is 2.73. The maximum Gasteiger partial charge on any atom is 0.232 e. The van der Waals surface area contributed by atoms with Crippen LogP contribution in [0.15, 0.2) is 30.3 Å². The van der Waals surface area contributed by atoms with Crippen LogP contribution in [-0.2, 0) is 10.0 Å². The number of halogens is 1. The predicted octanol–water partition coefficient (Wildman–Crippen LogP) is 1.87. The van der Waals surface area contributed by atoms with Gasteiger partial charge in [-0.15, -0.1) is 12.4 Å². The van der Waals surface area contributed by atoms with Crippen molar-refractivity contribution in [1.82, 2.24) is 0 Å². The van der Waals surface area contributed by atoms with Crippen molar-refractivity contribution in [3.8, 4) is 0 Å². The molecule has 0 saturated heterocycles. The Bertz CT molecular complexity index is 336. The Morgan fingerprint density at radius 2 is 1.77 bits per heavy atom. The summed E-state index contributed by atoms with van der Waals surface area (Å²) in [5, 5.41) is 0. The van der Waals surface area contributed by atoms with Crippen LogP contribution in [0.3, 0.4) is 0 Å². The molecule has 0 bridgehead atoms. The molecular weight excluding hydrogens is 210 g/mol. The Kier molecular flexibility index (Phi) is 4.80. The lowest BCUT2D eigenvalue weighted by Crippen LogP contribution is -2.14. The van der Waals surface area contributed by atoms with Crippen LogP contribution >= 0.6 is 12.4 Å². The van der Waals surface area contributed by atoms with Gasteiger partial charge in [-0.2, -0.15) is 0 Å². The molecular formula is C8H12ClNO2S. The molecule has 3 nitrogen and oxygen atoms in total. The van der Waals surface area contributed by atoms with Gasteiger partial charge in [0.05, 0.1) is 5.75 Å². The zero-order valence-electron chi connectivity index (χ0n) is 7.23. The molecule has 5 heteroatoms. The minimum absolute atomic E-state index is 0. The highest BCUT2D eigenvalue weighted by molar-refractivity contribution is 7.92. The first-order valence-corrected chi connectivity index (χ1v) is 5.35. The number of sulfonamides is 1. The van der Waals surface area contributed by atoms with Gasteiger partial charge in [0.25, 0.3) is 0 Å². The van der Waals surface area contributed by atoms with E-state index in [4.69, 9.17) is 0 Å². The Labute approximate surface area is 84.6 Å². The number of para-hydroxylation sites is 1. The second-order valence-electron chi connectivity index (χ2n) is 2.37. The molecule has 0 aliphatic rings. The summed E-state index contributed by atoms with van der Waals surface area (Å²) in [6.45, 7) is 1.60. The Morgan fingerprint density at radius 3 is 2.23 bits per heavy atom. The highest BCUT2D eigenvalue weighted by Crippen LogP contribution is 2.07. The van der Waals surface area contributed by atoms with Crippen LogP contribution in [0.1, 0.15) is 6.92 Å². The summed E-state index contributed by atoms with van der Waals surface area (Å²) in [6, 6.07) is 8.84. The zero-order chi connectivity index (χ0) is 9.03. The first kappa shape index (κ1) is 12.3. The molecule has 0 atom stereocenters. The topological polar surface area (TPSA) is 46.2 Å². The summed E-state index contributed by atoms with van der Waals surface area (Å²) < 4.78 is 24.6. The molecule has 1 aromatic rings. The number of hydrogen-bond acceptors (Lipinski definition) is 2. The summed E-state index contributed by atoms with van der Waals surface area (Å²) >= 11 is 0. The van der Waals surface area contributed by atoms with Crippen LogP contribution in [0, 0.1) is 0 Å². The van der Waals surface area contributed by atoms with Crippen molar-refractivity contribution >= 4 is 28.1 Å². The first-order chi connectivity index (χ1) is 5.64. The highest BCUT2D eigenvalue weighted by atomic mass is 35.5. The fourth-order valence-corrected chi connectivity index (χ4v) is 1.40. The lowest BCUT2D eigenvalue weighted by atomic mass is 10.3. The van der Waals surface area contributed by atoms with Crippen molar-refractivity contribution in [3.05, 3.63) is 30.3 Å². The normalized spacial score (nSPS) is 10.2. The van der Waals surface area contributed by atoms with Gasteiger partial charge in [0.15, 0.2) is 0 Å². The summed E-state index contributed by atoms with van der Waals surface area (Å²) in [7, 11) is -3.12. The van der Waals surface area contributed by atoms with Gasteiger partial charge in [0.2, 0.25) is 10.0 Å². The van der Waals surface area contributed by atoms with Crippen molar-refractivity contribution in [2.75, 3.05) is 10.5 Å². The van der Waals surface area contributed by atoms with Gasteiger partial charge < -0.3 is 0 Å². The number of anilines is 1. The molecule has 0 saturated carbocycles. The molecule has 1 N–H and O–H groups in total. The summed E-state index contributed by atoms with van der Waals surface area (Å²) in [5.74, 6) is 0.0991. The van der Waals surface area contributed by atoms with E-state index in [9.17, 15) is 8.42 Å². The van der Waals surface area contributed by atoms with E-state index in [0.717, 1.165) is 0 Å². The van der Waals surface area contributed by atoms with E-state index in [1.165, 1.54) is 0 Å². The van der Waals surface area contributed by atoms with Crippen LogP contribution in [0.2, 0.25) is 0 Å². The maximum atomic E-state index is 11.1. The number of hydrogen-bond donors (Lipinski definition) is 1. The maximum absolute atomic E-state index is 11.1. The largest absolute Gasteiger partial charge is 0.284 e. The van der Waals surface area contributed by atoms with Gasteiger partial charge >= 0.3 is 0 Å². The zero-order valence-corrected chi connectivity index (χ0v) is 8.86. The molecule has 0 aliphatic carbocycles. The fraction of sp³-hybridized carbons (Fsp3) is 0.250. The van der Waals surface area contributed by atoms with E-state index in [2.05, 4.69) is 4.72 Å². The molecule has 0 aliphatic heterocycles. The third kappa shape index (κ3) is 4.15. The third-order valence-electron chi connectivity index (χ3n) is 1.43. The first-order valence-electron chi connectivity index (χ1n) is 3.69. The molecule has 0 aromatic heterocycles. The second kappa shape index (κ2) is 5.09. The predicted molar refractivity (Wildman–Crippen MR) is 56.8 cm³/mol. The van der Waals surface area contributed by atoms with Crippen molar-refractivity contribution in [1.29, 1.82) is 0 Å². The lowest BCUT2D eigenvalue weighted by molar-refractivity contribution is 0.602. The summed E-state index contributed by atoms with van der Waals surface area (Å²) in [4.78, 5) is 0. The van der Waals surface area contributed by atoms with E-state index in [-0.39, 0.29) is 18.2 Å². The van der Waals surface area contributed by atoms with Crippen molar-refractivity contribution in [2.24, 2.45) is 0 Å². The molecule has 74 valence electrons. The van der Waals surface area contributed by atoms with Crippen LogP contribution in [0.25, 0.3) is 0 Å². The quantitative estimate of drug-likeness (QED) is 0.847.